The van der Waals surface area contributed by atoms with E-state index in [1.165, 1.54) is 14.2 Å². The minimum absolute atomic E-state index is 0.0167. The summed E-state index contributed by atoms with van der Waals surface area (Å²) in [5.74, 6) is -0.0498. The topological polar surface area (TPSA) is 76.1 Å². The zero-order valence-electron chi connectivity index (χ0n) is 12.2. The minimum atomic E-state index is -0.826. The summed E-state index contributed by atoms with van der Waals surface area (Å²) in [5, 5.41) is 8.83. The van der Waals surface area contributed by atoms with Crippen LogP contribution >= 0.6 is 0 Å². The van der Waals surface area contributed by atoms with E-state index in [0.717, 1.165) is 0 Å². The van der Waals surface area contributed by atoms with Crippen LogP contribution in [0.25, 0.3) is 0 Å². The number of amides is 1. The van der Waals surface area contributed by atoms with Crippen LogP contribution in [0.15, 0.2) is 18.2 Å². The summed E-state index contributed by atoms with van der Waals surface area (Å²) in [6.07, 6.45) is 0.809. The number of aliphatic carboxylic acids is 1. The monoisotopic (exact) mass is 293 g/mol. The number of para-hydroxylation sites is 1. The second-order valence-corrected chi connectivity index (χ2v) is 5.04. The Bertz CT molecular complexity index is 543. The molecule has 6 heteroatoms. The quantitative estimate of drug-likeness (QED) is 0.893. The zero-order chi connectivity index (χ0) is 15.4. The number of hydrogen-bond acceptors (Lipinski definition) is 4. The molecule has 1 aliphatic heterocycles. The number of carbonyl (C=O) groups excluding carboxylic acids is 1. The third kappa shape index (κ3) is 3.26. The van der Waals surface area contributed by atoms with Gasteiger partial charge in [0.1, 0.15) is 0 Å². The second kappa shape index (κ2) is 6.47. The largest absolute Gasteiger partial charge is 0.493 e. The van der Waals surface area contributed by atoms with Gasteiger partial charge in [0.15, 0.2) is 11.5 Å². The first-order valence-electron chi connectivity index (χ1n) is 6.78. The van der Waals surface area contributed by atoms with Crippen LogP contribution in [0.2, 0.25) is 0 Å². The van der Waals surface area contributed by atoms with E-state index in [9.17, 15) is 9.59 Å². The molecular weight excluding hydrogens is 274 g/mol. The Morgan fingerprint density at radius 1 is 1.33 bits per heavy atom. The van der Waals surface area contributed by atoms with E-state index in [2.05, 4.69) is 0 Å². The third-order valence-corrected chi connectivity index (χ3v) is 3.67. The fourth-order valence-electron chi connectivity index (χ4n) is 2.66. The molecule has 1 aliphatic rings. The summed E-state index contributed by atoms with van der Waals surface area (Å²) in [5.41, 5.74) is 0.438. The lowest BCUT2D eigenvalue weighted by molar-refractivity contribution is -0.138. The number of likely N-dealkylation sites (tertiary alicyclic amines) is 1. The molecule has 1 saturated heterocycles. The lowest BCUT2D eigenvalue weighted by Gasteiger charge is -2.19. The van der Waals surface area contributed by atoms with Crippen molar-refractivity contribution in [2.45, 2.75) is 12.8 Å². The lowest BCUT2D eigenvalue weighted by Crippen LogP contribution is -2.29. The number of ether oxygens (including phenoxy) is 2. The third-order valence-electron chi connectivity index (χ3n) is 3.67. The maximum atomic E-state index is 12.6. The maximum absolute atomic E-state index is 12.6. The van der Waals surface area contributed by atoms with E-state index in [1.54, 1.807) is 23.1 Å². The molecule has 1 fully saturated rings. The molecule has 0 saturated carbocycles. The van der Waals surface area contributed by atoms with Gasteiger partial charge in [-0.1, -0.05) is 6.07 Å². The van der Waals surface area contributed by atoms with Crippen molar-refractivity contribution in [2.24, 2.45) is 5.92 Å². The molecule has 0 aliphatic carbocycles. The highest BCUT2D eigenvalue weighted by Gasteiger charge is 2.30. The normalized spacial score (nSPS) is 17.6. The Balaban J connectivity index is 2.16. The van der Waals surface area contributed by atoms with Crippen LogP contribution in [-0.2, 0) is 4.79 Å². The lowest BCUT2D eigenvalue weighted by atomic mass is 10.1. The van der Waals surface area contributed by atoms with E-state index >= 15 is 0 Å². The standard InChI is InChI=1S/C15H19NO5/c1-20-12-5-3-4-11(14(12)21-2)15(19)16-7-6-10(9-16)8-13(17)18/h3-5,10H,6-9H2,1-2H3,(H,17,18). The number of carboxylic acids is 1. The Morgan fingerprint density at radius 2 is 2.10 bits per heavy atom. The molecule has 0 aromatic heterocycles. The predicted molar refractivity (Wildman–Crippen MR) is 75.8 cm³/mol. The average Bonchev–Trinajstić information content (AvgIpc) is 2.93. The molecule has 0 spiro atoms. The van der Waals surface area contributed by atoms with Gasteiger partial charge in [0.25, 0.3) is 5.91 Å². The smallest absolute Gasteiger partial charge is 0.303 e. The van der Waals surface area contributed by atoms with Crippen LogP contribution in [0.5, 0.6) is 11.5 Å². The van der Waals surface area contributed by atoms with Gasteiger partial charge < -0.3 is 19.5 Å². The van der Waals surface area contributed by atoms with Crippen LogP contribution in [0.4, 0.5) is 0 Å². The summed E-state index contributed by atoms with van der Waals surface area (Å²) in [4.78, 5) is 25.0. The predicted octanol–water partition coefficient (Wildman–Crippen LogP) is 1.64. The van der Waals surface area contributed by atoms with Crippen molar-refractivity contribution >= 4 is 11.9 Å². The minimum Gasteiger partial charge on any atom is -0.493 e. The molecule has 0 bridgehead atoms. The molecule has 1 atom stereocenters. The Morgan fingerprint density at radius 3 is 2.71 bits per heavy atom. The Kier molecular flexibility index (Phi) is 4.67. The summed E-state index contributed by atoms with van der Waals surface area (Å²) in [6.45, 7) is 1.03. The van der Waals surface area contributed by atoms with Gasteiger partial charge in [0.05, 0.1) is 19.8 Å². The highest BCUT2D eigenvalue weighted by Crippen LogP contribution is 2.32. The molecule has 1 N–H and O–H groups in total. The van der Waals surface area contributed by atoms with Gasteiger partial charge in [-0.3, -0.25) is 9.59 Å². The molecule has 0 radical (unpaired) electrons. The summed E-state index contributed by atoms with van der Waals surface area (Å²) >= 11 is 0. The first-order chi connectivity index (χ1) is 10.1. The van der Waals surface area contributed by atoms with Gasteiger partial charge in [0.2, 0.25) is 0 Å². The Labute approximate surface area is 123 Å². The van der Waals surface area contributed by atoms with Crippen LogP contribution in [-0.4, -0.2) is 49.2 Å². The molecule has 1 aromatic carbocycles. The van der Waals surface area contributed by atoms with E-state index in [0.29, 0.717) is 36.6 Å². The summed E-state index contributed by atoms with van der Waals surface area (Å²) in [6, 6.07) is 5.15. The molecule has 21 heavy (non-hydrogen) atoms. The number of carboxylic acid groups (broad SMARTS) is 1. The van der Waals surface area contributed by atoms with Crippen LogP contribution in [0.3, 0.4) is 0 Å². The van der Waals surface area contributed by atoms with E-state index in [1.807, 2.05) is 0 Å². The molecule has 1 amide bonds. The highest BCUT2D eigenvalue weighted by molar-refractivity contribution is 5.98. The average molecular weight is 293 g/mol. The SMILES string of the molecule is COc1cccc(C(=O)N2CCC(CC(=O)O)C2)c1OC. The van der Waals surface area contributed by atoms with Crippen LogP contribution < -0.4 is 9.47 Å². The van der Waals surface area contributed by atoms with Crippen molar-refractivity contribution < 1.29 is 24.2 Å². The molecule has 1 heterocycles. The summed E-state index contributed by atoms with van der Waals surface area (Å²) < 4.78 is 10.5. The van der Waals surface area contributed by atoms with E-state index in [4.69, 9.17) is 14.6 Å². The van der Waals surface area contributed by atoms with Crippen molar-refractivity contribution in [2.75, 3.05) is 27.3 Å². The first-order valence-corrected chi connectivity index (χ1v) is 6.78. The van der Waals surface area contributed by atoms with Gasteiger partial charge in [-0.05, 0) is 24.5 Å². The van der Waals surface area contributed by atoms with Gasteiger partial charge in [-0.15, -0.1) is 0 Å². The number of hydrogen-bond donors (Lipinski definition) is 1. The van der Waals surface area contributed by atoms with Crippen molar-refractivity contribution in [1.82, 2.24) is 4.90 Å². The van der Waals surface area contributed by atoms with Gasteiger partial charge in [-0.25, -0.2) is 0 Å². The number of benzene rings is 1. The molecule has 2 rings (SSSR count). The van der Waals surface area contributed by atoms with Crippen molar-refractivity contribution in [3.05, 3.63) is 23.8 Å². The van der Waals surface area contributed by atoms with Crippen molar-refractivity contribution in [1.29, 1.82) is 0 Å². The number of rotatable bonds is 5. The number of nitrogens with zero attached hydrogens (tertiary/aromatic N) is 1. The van der Waals surface area contributed by atoms with Crippen molar-refractivity contribution in [3.8, 4) is 11.5 Å². The molecule has 1 unspecified atom stereocenters. The van der Waals surface area contributed by atoms with Gasteiger partial charge >= 0.3 is 5.97 Å². The fourth-order valence-corrected chi connectivity index (χ4v) is 2.66. The maximum Gasteiger partial charge on any atom is 0.303 e. The van der Waals surface area contributed by atoms with Gasteiger partial charge in [-0.2, -0.15) is 0 Å². The molecule has 114 valence electrons. The van der Waals surface area contributed by atoms with E-state index in [-0.39, 0.29) is 18.2 Å². The zero-order valence-corrected chi connectivity index (χ0v) is 12.2. The van der Waals surface area contributed by atoms with E-state index < -0.39 is 5.97 Å². The van der Waals surface area contributed by atoms with Crippen molar-refractivity contribution in [3.63, 3.8) is 0 Å². The number of methoxy groups -OCH3 is 2. The molecule has 6 nitrogen and oxygen atoms in total. The second-order valence-electron chi connectivity index (χ2n) is 5.04. The summed E-state index contributed by atoms with van der Waals surface area (Å²) in [7, 11) is 3.01. The number of carbonyl (C=O) groups is 2. The molecule has 1 aromatic rings. The first kappa shape index (κ1) is 15.2. The van der Waals surface area contributed by atoms with Crippen LogP contribution in [0, 0.1) is 5.92 Å². The highest BCUT2D eigenvalue weighted by atomic mass is 16.5. The molecular formula is C15H19NO5. The van der Waals surface area contributed by atoms with Gasteiger partial charge in [0, 0.05) is 19.5 Å². The fraction of sp³-hybridized carbons (Fsp3) is 0.467. The van der Waals surface area contributed by atoms with Crippen LogP contribution in [0.1, 0.15) is 23.2 Å². The Hall–Kier alpha value is -2.24.